The van der Waals surface area contributed by atoms with Crippen molar-refractivity contribution in [2.75, 3.05) is 13.2 Å². The van der Waals surface area contributed by atoms with Crippen LogP contribution in [0, 0.1) is 0 Å². The number of imide groups is 1. The first-order valence-electron chi connectivity index (χ1n) is 6.34. The second-order valence-corrected chi connectivity index (χ2v) is 5.21. The number of nitrogens with two attached hydrogens (primary N) is 1. The molecular formula is C14H16N2O3S. The molecule has 0 bridgehead atoms. The number of ether oxygens (including phenoxy) is 1. The highest BCUT2D eigenvalue weighted by molar-refractivity contribution is 8.18. The maximum absolute atomic E-state index is 11.5. The molecule has 6 heteroatoms. The van der Waals surface area contributed by atoms with E-state index in [1.807, 2.05) is 25.1 Å². The molecule has 0 spiro atoms. The molecule has 0 unspecified atom stereocenters. The average Bonchev–Trinajstić information content (AvgIpc) is 2.71. The summed E-state index contributed by atoms with van der Waals surface area (Å²) in [4.78, 5) is 23.0. The first kappa shape index (κ1) is 14.6. The van der Waals surface area contributed by atoms with Crippen molar-refractivity contribution in [3.63, 3.8) is 0 Å². The van der Waals surface area contributed by atoms with Crippen LogP contribution < -0.4 is 15.8 Å². The molecule has 2 rings (SSSR count). The van der Waals surface area contributed by atoms with Gasteiger partial charge in [-0.25, -0.2) is 0 Å². The normalized spacial score (nSPS) is 16.6. The minimum Gasteiger partial charge on any atom is -0.494 e. The molecule has 1 aromatic rings. The van der Waals surface area contributed by atoms with Crippen LogP contribution >= 0.6 is 11.8 Å². The van der Waals surface area contributed by atoms with Crippen molar-refractivity contribution in [1.29, 1.82) is 0 Å². The summed E-state index contributed by atoms with van der Waals surface area (Å²) >= 11 is 0.908. The van der Waals surface area contributed by atoms with Crippen LogP contribution in [0.15, 0.2) is 23.1 Å². The highest BCUT2D eigenvalue weighted by Crippen LogP contribution is 2.27. The van der Waals surface area contributed by atoms with Crippen molar-refractivity contribution in [2.45, 2.75) is 13.3 Å². The van der Waals surface area contributed by atoms with Crippen LogP contribution in [0.2, 0.25) is 0 Å². The Kier molecular flexibility index (Phi) is 4.81. The van der Waals surface area contributed by atoms with Gasteiger partial charge in [-0.15, -0.1) is 0 Å². The van der Waals surface area contributed by atoms with Crippen LogP contribution in [-0.2, 0) is 11.2 Å². The van der Waals surface area contributed by atoms with Gasteiger partial charge < -0.3 is 10.5 Å². The van der Waals surface area contributed by atoms with Gasteiger partial charge in [-0.1, -0.05) is 6.07 Å². The predicted molar refractivity (Wildman–Crippen MR) is 79.5 cm³/mol. The van der Waals surface area contributed by atoms with Gasteiger partial charge in [0, 0.05) is 0 Å². The number of benzene rings is 1. The molecule has 0 radical (unpaired) electrons. The Balaban J connectivity index is 2.29. The molecule has 0 saturated carbocycles. The third kappa shape index (κ3) is 3.40. The van der Waals surface area contributed by atoms with E-state index >= 15 is 0 Å². The molecule has 2 amide bonds. The fourth-order valence-corrected chi connectivity index (χ4v) is 2.59. The highest BCUT2D eigenvalue weighted by Gasteiger charge is 2.24. The summed E-state index contributed by atoms with van der Waals surface area (Å²) < 4.78 is 5.54. The number of carbonyl (C=O) groups is 2. The molecule has 1 saturated heterocycles. The first-order valence-corrected chi connectivity index (χ1v) is 7.16. The summed E-state index contributed by atoms with van der Waals surface area (Å²) in [7, 11) is 0. The van der Waals surface area contributed by atoms with Crippen LogP contribution in [0.5, 0.6) is 5.75 Å². The van der Waals surface area contributed by atoms with E-state index in [9.17, 15) is 9.59 Å². The number of rotatable bonds is 5. The summed E-state index contributed by atoms with van der Waals surface area (Å²) in [5.74, 6) is 0.453. The van der Waals surface area contributed by atoms with Crippen molar-refractivity contribution >= 4 is 29.0 Å². The van der Waals surface area contributed by atoms with E-state index in [2.05, 4.69) is 5.32 Å². The van der Waals surface area contributed by atoms with Crippen molar-refractivity contribution in [2.24, 2.45) is 5.73 Å². The van der Waals surface area contributed by atoms with E-state index in [0.717, 1.165) is 28.6 Å². The number of hydrogen-bond acceptors (Lipinski definition) is 5. The van der Waals surface area contributed by atoms with E-state index in [1.165, 1.54) is 0 Å². The Hall–Kier alpha value is -1.79. The van der Waals surface area contributed by atoms with Crippen molar-refractivity contribution in [1.82, 2.24) is 5.32 Å². The van der Waals surface area contributed by atoms with Crippen LogP contribution in [0.3, 0.4) is 0 Å². The monoisotopic (exact) mass is 292 g/mol. The maximum atomic E-state index is 11.5. The standard InChI is InChI=1S/C14H16N2O3S/c1-2-19-11-4-3-9(7-10(11)5-6-15)8-12-13(17)16-14(18)20-12/h3-4,7-8H,2,5-6,15H2,1H3,(H,16,17,18). The second-order valence-electron chi connectivity index (χ2n) is 4.19. The van der Waals surface area contributed by atoms with E-state index in [0.29, 0.717) is 24.5 Å². The second kappa shape index (κ2) is 6.58. The van der Waals surface area contributed by atoms with Crippen molar-refractivity contribution in [3.8, 4) is 5.75 Å². The van der Waals surface area contributed by atoms with Crippen LogP contribution in [0.25, 0.3) is 6.08 Å². The first-order chi connectivity index (χ1) is 9.63. The summed E-state index contributed by atoms with van der Waals surface area (Å²) in [6.07, 6.45) is 2.39. The topological polar surface area (TPSA) is 81.4 Å². The Morgan fingerprint density at radius 1 is 1.40 bits per heavy atom. The van der Waals surface area contributed by atoms with E-state index in [-0.39, 0.29) is 11.1 Å². The van der Waals surface area contributed by atoms with Gasteiger partial charge >= 0.3 is 0 Å². The summed E-state index contributed by atoms with van der Waals surface area (Å²) in [6.45, 7) is 3.03. The molecule has 3 N–H and O–H groups in total. The lowest BCUT2D eigenvalue weighted by Gasteiger charge is -2.10. The molecule has 1 aliphatic rings. The molecule has 106 valence electrons. The maximum Gasteiger partial charge on any atom is 0.290 e. The smallest absolute Gasteiger partial charge is 0.290 e. The minimum atomic E-state index is -0.353. The predicted octanol–water partition coefficient (Wildman–Crippen LogP) is 1.91. The average molecular weight is 292 g/mol. The van der Waals surface area contributed by atoms with Crippen molar-refractivity contribution in [3.05, 3.63) is 34.2 Å². The largest absolute Gasteiger partial charge is 0.494 e. The molecule has 20 heavy (non-hydrogen) atoms. The van der Waals surface area contributed by atoms with E-state index in [1.54, 1.807) is 6.08 Å². The van der Waals surface area contributed by atoms with E-state index < -0.39 is 0 Å². The molecule has 1 aromatic carbocycles. The van der Waals surface area contributed by atoms with Crippen LogP contribution in [0.4, 0.5) is 4.79 Å². The van der Waals surface area contributed by atoms with Gasteiger partial charge in [-0.3, -0.25) is 14.9 Å². The van der Waals surface area contributed by atoms with Crippen LogP contribution in [-0.4, -0.2) is 24.3 Å². The summed E-state index contributed by atoms with van der Waals surface area (Å²) in [5.41, 5.74) is 7.45. The lowest BCUT2D eigenvalue weighted by atomic mass is 10.1. The highest BCUT2D eigenvalue weighted by atomic mass is 32.2. The molecule has 0 atom stereocenters. The fraction of sp³-hybridized carbons (Fsp3) is 0.286. The zero-order valence-electron chi connectivity index (χ0n) is 11.1. The van der Waals surface area contributed by atoms with Gasteiger partial charge in [-0.2, -0.15) is 0 Å². The van der Waals surface area contributed by atoms with Crippen LogP contribution in [0.1, 0.15) is 18.1 Å². The number of nitrogens with one attached hydrogen (secondary N) is 1. The minimum absolute atomic E-state index is 0.339. The molecule has 1 heterocycles. The molecule has 1 fully saturated rings. The summed E-state index contributed by atoms with van der Waals surface area (Å²) in [6, 6.07) is 5.65. The quantitative estimate of drug-likeness (QED) is 0.810. The number of carbonyl (C=O) groups excluding carboxylic acids is 2. The molecule has 0 aliphatic carbocycles. The molecule has 1 aliphatic heterocycles. The third-order valence-corrected chi connectivity index (χ3v) is 3.55. The Bertz CT molecular complexity index is 570. The summed E-state index contributed by atoms with van der Waals surface area (Å²) in [5, 5.41) is 1.89. The Labute approximate surface area is 121 Å². The number of hydrogen-bond donors (Lipinski definition) is 2. The van der Waals surface area contributed by atoms with Gasteiger partial charge in [0.05, 0.1) is 11.5 Å². The van der Waals surface area contributed by atoms with Gasteiger partial charge in [0.1, 0.15) is 5.75 Å². The molecular weight excluding hydrogens is 276 g/mol. The Morgan fingerprint density at radius 2 is 2.20 bits per heavy atom. The van der Waals surface area contributed by atoms with Crippen molar-refractivity contribution < 1.29 is 14.3 Å². The lowest BCUT2D eigenvalue weighted by Crippen LogP contribution is -2.17. The van der Waals surface area contributed by atoms with E-state index in [4.69, 9.17) is 10.5 Å². The number of amides is 2. The third-order valence-electron chi connectivity index (χ3n) is 2.74. The SMILES string of the molecule is CCOc1ccc(C=C2SC(=O)NC2=O)cc1CCN. The fourth-order valence-electron chi connectivity index (χ4n) is 1.91. The zero-order chi connectivity index (χ0) is 14.5. The molecule has 5 nitrogen and oxygen atoms in total. The van der Waals surface area contributed by atoms with Gasteiger partial charge in [-0.05, 0) is 61.0 Å². The van der Waals surface area contributed by atoms with Gasteiger partial charge in [0.15, 0.2) is 0 Å². The van der Waals surface area contributed by atoms with Gasteiger partial charge in [0.2, 0.25) is 0 Å². The van der Waals surface area contributed by atoms with Gasteiger partial charge in [0.25, 0.3) is 11.1 Å². The number of thioether (sulfide) groups is 1. The lowest BCUT2D eigenvalue weighted by molar-refractivity contribution is -0.115. The molecule has 0 aromatic heterocycles. The Morgan fingerprint density at radius 3 is 2.80 bits per heavy atom. The zero-order valence-corrected chi connectivity index (χ0v) is 12.0.